The van der Waals surface area contributed by atoms with Gasteiger partial charge in [-0.3, -0.25) is 4.31 Å². The monoisotopic (exact) mass is 538 g/mol. The van der Waals surface area contributed by atoms with Gasteiger partial charge in [0.15, 0.2) is 5.82 Å². The molecule has 2 aromatic heterocycles. The van der Waals surface area contributed by atoms with Gasteiger partial charge in [-0.05, 0) is 93.6 Å². The van der Waals surface area contributed by atoms with Crippen molar-refractivity contribution in [2.24, 2.45) is 0 Å². The Morgan fingerprint density at radius 3 is 2.69 bits per heavy atom. The van der Waals surface area contributed by atoms with Crippen molar-refractivity contribution in [3.63, 3.8) is 0 Å². The first-order valence-corrected chi connectivity index (χ1v) is 14.9. The van der Waals surface area contributed by atoms with E-state index in [4.69, 9.17) is 9.97 Å². The highest BCUT2D eigenvalue weighted by molar-refractivity contribution is 8.02. The van der Waals surface area contributed by atoms with Crippen LogP contribution >= 0.6 is 12.1 Å². The van der Waals surface area contributed by atoms with Gasteiger partial charge >= 0.3 is 0 Å². The summed E-state index contributed by atoms with van der Waals surface area (Å²) in [7, 11) is 4.42. The number of aromatic amines is 1. The van der Waals surface area contributed by atoms with Crippen molar-refractivity contribution < 1.29 is 0 Å². The molecule has 5 heterocycles. The number of anilines is 6. The molecule has 8 rings (SSSR count). The summed E-state index contributed by atoms with van der Waals surface area (Å²) in [4.78, 5) is 18.3. The number of piperidine rings is 1. The molecule has 2 N–H and O–H groups in total. The summed E-state index contributed by atoms with van der Waals surface area (Å²) in [5.41, 5.74) is 10.3. The molecule has 0 atom stereocenters. The fraction of sp³-hybridized carbons (Fsp3) is 0.400. The van der Waals surface area contributed by atoms with Crippen molar-refractivity contribution in [3.05, 3.63) is 59.3 Å². The van der Waals surface area contributed by atoms with Crippen molar-refractivity contribution in [1.82, 2.24) is 19.9 Å². The molecule has 2 aromatic carbocycles. The average Bonchev–Trinajstić information content (AvgIpc) is 3.76. The minimum absolute atomic E-state index is 0.641. The number of hydrogen-bond donors (Lipinski definition) is 2. The molecule has 1 saturated heterocycles. The zero-order valence-electron chi connectivity index (χ0n) is 22.6. The normalized spacial score (nSPS) is 18.5. The number of benzene rings is 2. The van der Waals surface area contributed by atoms with Crippen LogP contribution in [0.4, 0.5) is 34.5 Å². The van der Waals surface area contributed by atoms with Crippen molar-refractivity contribution in [1.29, 1.82) is 0 Å². The lowest BCUT2D eigenvalue weighted by molar-refractivity contribution is 0.249. The smallest absolute Gasteiger partial charge is 0.231 e. The number of aromatic nitrogens is 3. The van der Waals surface area contributed by atoms with Crippen LogP contribution in [0.15, 0.2) is 42.6 Å². The Balaban J connectivity index is 1.13. The summed E-state index contributed by atoms with van der Waals surface area (Å²) in [6, 6.07) is 14.0. The number of H-pyrrole nitrogens is 1. The standard InChI is InChI=1S/C30H34N8S/c1-35(2)20-13-16-36(17-14-20)25-10-9-24(21-6-4-7-22(21)25)32-30-33-28-23(11-15-31-28)29(34-30)38-26-8-3-5-19-12-18-37(39-38)27(19)26/h3,5,8-11,15,20H,4,6-7,12-14,16-18H2,1-2H3,(H2,31,32,33,34). The second-order valence-corrected chi connectivity index (χ2v) is 12.3. The number of para-hydroxylation sites is 1. The van der Waals surface area contributed by atoms with Gasteiger partial charge in [-0.2, -0.15) is 9.97 Å². The van der Waals surface area contributed by atoms with Gasteiger partial charge in [0.05, 0.1) is 28.9 Å². The zero-order chi connectivity index (χ0) is 26.1. The molecule has 0 spiro atoms. The highest BCUT2D eigenvalue weighted by Gasteiger charge is 2.36. The first kappa shape index (κ1) is 23.5. The maximum Gasteiger partial charge on any atom is 0.231 e. The van der Waals surface area contributed by atoms with Gasteiger partial charge in [-0.25, -0.2) is 4.31 Å². The van der Waals surface area contributed by atoms with Crippen LogP contribution in [0.2, 0.25) is 0 Å². The first-order valence-electron chi connectivity index (χ1n) is 14.2. The van der Waals surface area contributed by atoms with E-state index in [0.717, 1.165) is 61.4 Å². The number of fused-ring (bicyclic) bond motifs is 2. The van der Waals surface area contributed by atoms with E-state index in [-0.39, 0.29) is 0 Å². The fourth-order valence-corrected chi connectivity index (χ4v) is 8.04. The largest absolute Gasteiger partial charge is 0.371 e. The zero-order valence-corrected chi connectivity index (χ0v) is 23.4. The molecule has 0 saturated carbocycles. The minimum Gasteiger partial charge on any atom is -0.371 e. The first-order chi connectivity index (χ1) is 19.1. The minimum atomic E-state index is 0.641. The Hall–Kier alpha value is -3.43. The van der Waals surface area contributed by atoms with E-state index >= 15 is 0 Å². The third-order valence-corrected chi connectivity index (χ3v) is 10.1. The average molecular weight is 539 g/mol. The summed E-state index contributed by atoms with van der Waals surface area (Å²) < 4.78 is 4.66. The molecule has 8 nitrogen and oxygen atoms in total. The summed E-state index contributed by atoms with van der Waals surface area (Å²) in [6.07, 6.45) is 8.97. The Kier molecular flexibility index (Phi) is 5.45. The van der Waals surface area contributed by atoms with Crippen LogP contribution in [0.5, 0.6) is 0 Å². The van der Waals surface area contributed by atoms with Crippen molar-refractivity contribution in [2.45, 2.75) is 44.6 Å². The maximum atomic E-state index is 5.12. The predicted octanol–water partition coefficient (Wildman–Crippen LogP) is 5.80. The third kappa shape index (κ3) is 3.77. The van der Waals surface area contributed by atoms with E-state index in [9.17, 15) is 0 Å². The van der Waals surface area contributed by atoms with Gasteiger partial charge in [0.1, 0.15) is 5.65 Å². The lowest BCUT2D eigenvalue weighted by Crippen LogP contribution is -2.42. The van der Waals surface area contributed by atoms with Crippen LogP contribution in [0, 0.1) is 0 Å². The molecule has 1 aliphatic carbocycles. The van der Waals surface area contributed by atoms with Crippen LogP contribution in [-0.4, -0.2) is 59.6 Å². The van der Waals surface area contributed by atoms with E-state index < -0.39 is 0 Å². The number of rotatable bonds is 5. The van der Waals surface area contributed by atoms with E-state index in [1.165, 1.54) is 53.0 Å². The highest BCUT2D eigenvalue weighted by Crippen LogP contribution is 2.53. The topological polar surface area (TPSA) is 66.6 Å². The van der Waals surface area contributed by atoms with E-state index in [0.29, 0.717) is 12.0 Å². The van der Waals surface area contributed by atoms with Gasteiger partial charge in [0.2, 0.25) is 5.95 Å². The lowest BCUT2D eigenvalue weighted by Gasteiger charge is -2.37. The number of nitrogens with one attached hydrogen (secondary N) is 2. The molecule has 1 fully saturated rings. The Morgan fingerprint density at radius 1 is 0.949 bits per heavy atom. The van der Waals surface area contributed by atoms with Crippen molar-refractivity contribution in [2.75, 3.05) is 52.6 Å². The van der Waals surface area contributed by atoms with Crippen LogP contribution in [0.1, 0.15) is 36.0 Å². The molecular formula is C30H34N8S. The molecular weight excluding hydrogens is 504 g/mol. The van der Waals surface area contributed by atoms with E-state index in [1.54, 1.807) is 12.1 Å². The van der Waals surface area contributed by atoms with Crippen LogP contribution in [-0.2, 0) is 19.3 Å². The van der Waals surface area contributed by atoms with Crippen LogP contribution in [0.25, 0.3) is 11.0 Å². The molecule has 0 radical (unpaired) electrons. The number of nitrogens with zero attached hydrogens (tertiary/aromatic N) is 6. The molecule has 9 heteroatoms. The van der Waals surface area contributed by atoms with Crippen LogP contribution < -0.4 is 18.8 Å². The second-order valence-electron chi connectivity index (χ2n) is 11.4. The Bertz CT molecular complexity index is 1570. The lowest BCUT2D eigenvalue weighted by atomic mass is 10.00. The SMILES string of the molecule is CN(C)C1CCN(c2ccc(Nc3nc(N4SN5CCc6cccc4c65)c4cc[nH]c4n3)c3c2CCC3)CC1. The number of hydrogen-bond acceptors (Lipinski definition) is 8. The van der Waals surface area contributed by atoms with Gasteiger partial charge in [0, 0.05) is 43.2 Å². The molecule has 4 aromatic rings. The predicted molar refractivity (Wildman–Crippen MR) is 162 cm³/mol. The second kappa shape index (κ2) is 9.06. The molecule has 3 aliphatic heterocycles. The quantitative estimate of drug-likeness (QED) is 0.309. The molecule has 0 bridgehead atoms. The molecule has 4 aliphatic rings. The molecule has 200 valence electrons. The molecule has 39 heavy (non-hydrogen) atoms. The van der Waals surface area contributed by atoms with Gasteiger partial charge in [0.25, 0.3) is 0 Å². The van der Waals surface area contributed by atoms with Crippen molar-refractivity contribution >= 4 is 57.7 Å². The van der Waals surface area contributed by atoms with E-state index in [1.807, 2.05) is 6.20 Å². The molecule has 0 unspecified atom stereocenters. The van der Waals surface area contributed by atoms with E-state index in [2.05, 4.69) is 79.2 Å². The summed E-state index contributed by atoms with van der Waals surface area (Å²) in [6.45, 7) is 3.29. The third-order valence-electron chi connectivity index (χ3n) is 8.96. The summed E-state index contributed by atoms with van der Waals surface area (Å²) in [5, 5.41) is 4.68. The van der Waals surface area contributed by atoms with Gasteiger partial charge in [-0.1, -0.05) is 12.1 Å². The van der Waals surface area contributed by atoms with Crippen LogP contribution in [0.3, 0.4) is 0 Å². The summed E-state index contributed by atoms with van der Waals surface area (Å²) >= 11 is 1.74. The molecule has 0 amide bonds. The van der Waals surface area contributed by atoms with Gasteiger partial charge < -0.3 is 20.1 Å². The Labute approximate surface area is 233 Å². The summed E-state index contributed by atoms with van der Waals surface area (Å²) in [5.74, 6) is 1.57. The maximum absolute atomic E-state index is 5.12. The fourth-order valence-electron chi connectivity index (χ4n) is 6.92. The van der Waals surface area contributed by atoms with Crippen molar-refractivity contribution in [3.8, 4) is 0 Å². The van der Waals surface area contributed by atoms with Gasteiger partial charge in [-0.15, -0.1) is 0 Å². The highest BCUT2D eigenvalue weighted by atomic mass is 32.2. The Morgan fingerprint density at radius 2 is 1.82 bits per heavy atom.